The van der Waals surface area contributed by atoms with Crippen LogP contribution in [-0.2, 0) is 0 Å². The molecular weight excluding hydrogens is 236 g/mol. The van der Waals surface area contributed by atoms with E-state index in [9.17, 15) is 9.90 Å². The molecule has 1 aromatic heterocycles. The van der Waals surface area contributed by atoms with E-state index < -0.39 is 11.5 Å². The molecule has 0 bridgehead atoms. The molecule has 13 heavy (non-hydrogen) atoms. The summed E-state index contributed by atoms with van der Waals surface area (Å²) in [5, 5.41) is 9.22. The highest BCUT2D eigenvalue weighted by Gasteiger charge is 2.25. The largest absolute Gasteiger partial charge is 0.369 e. The van der Waals surface area contributed by atoms with Crippen LogP contribution in [0.15, 0.2) is 22.9 Å². The number of nitrogens with two attached hydrogens (primary N) is 1. The highest BCUT2D eigenvalue weighted by Crippen LogP contribution is 2.12. The monoisotopic (exact) mass is 244 g/mol. The van der Waals surface area contributed by atoms with Crippen LogP contribution in [-0.4, -0.2) is 21.6 Å². The summed E-state index contributed by atoms with van der Waals surface area (Å²) in [5.41, 5.74) is 3.73. The van der Waals surface area contributed by atoms with Crippen LogP contribution in [0.3, 0.4) is 0 Å². The summed E-state index contributed by atoms with van der Waals surface area (Å²) < 4.78 is 0.530. The minimum atomic E-state index is -1.83. The molecule has 1 heterocycles. The standard InChI is InChI=1S/C8H9BrN2O2/c1-8(10,13)7(12)5-2-3-11-6(9)4-5/h2-4,13H,10H2,1H3. The number of rotatable bonds is 2. The summed E-state index contributed by atoms with van der Waals surface area (Å²) in [7, 11) is 0. The Balaban J connectivity index is 3.03. The second-order valence-electron chi connectivity index (χ2n) is 2.84. The van der Waals surface area contributed by atoms with Gasteiger partial charge in [0.1, 0.15) is 4.60 Å². The van der Waals surface area contributed by atoms with Gasteiger partial charge in [0.2, 0.25) is 5.78 Å². The molecule has 0 aliphatic heterocycles. The number of nitrogens with zero attached hydrogens (tertiary/aromatic N) is 1. The van der Waals surface area contributed by atoms with Crippen molar-refractivity contribution in [1.29, 1.82) is 0 Å². The van der Waals surface area contributed by atoms with E-state index in [1.807, 2.05) is 0 Å². The predicted octanol–water partition coefficient (Wildman–Crippen LogP) is 0.694. The van der Waals surface area contributed by atoms with Gasteiger partial charge >= 0.3 is 0 Å². The van der Waals surface area contributed by atoms with Crippen LogP contribution in [0.25, 0.3) is 0 Å². The first-order chi connectivity index (χ1) is 5.91. The van der Waals surface area contributed by atoms with Crippen molar-refractivity contribution >= 4 is 21.7 Å². The molecule has 0 fully saturated rings. The van der Waals surface area contributed by atoms with Gasteiger partial charge in [0.25, 0.3) is 0 Å². The molecule has 0 radical (unpaired) electrons. The molecule has 0 saturated carbocycles. The van der Waals surface area contributed by atoms with Crippen molar-refractivity contribution in [2.24, 2.45) is 5.73 Å². The van der Waals surface area contributed by atoms with Crippen molar-refractivity contribution in [3.8, 4) is 0 Å². The minimum Gasteiger partial charge on any atom is -0.369 e. The van der Waals surface area contributed by atoms with Crippen LogP contribution in [0.2, 0.25) is 0 Å². The van der Waals surface area contributed by atoms with Gasteiger partial charge in [0, 0.05) is 11.8 Å². The summed E-state index contributed by atoms with van der Waals surface area (Å²) in [6.07, 6.45) is 1.46. The number of pyridine rings is 1. The lowest BCUT2D eigenvalue weighted by atomic mass is 10.1. The number of Topliss-reactive ketones (excluding diaryl/α,β-unsaturated/α-hetero) is 1. The smallest absolute Gasteiger partial charge is 0.208 e. The number of halogens is 1. The molecule has 1 unspecified atom stereocenters. The summed E-state index contributed by atoms with van der Waals surface area (Å²) in [6, 6.07) is 3.00. The average molecular weight is 245 g/mol. The molecule has 70 valence electrons. The topological polar surface area (TPSA) is 76.2 Å². The molecule has 5 heteroatoms. The molecule has 0 aliphatic rings. The quantitative estimate of drug-likeness (QED) is 0.456. The molecular formula is C8H9BrN2O2. The number of carbonyl (C=O) groups is 1. The molecule has 0 saturated heterocycles. The van der Waals surface area contributed by atoms with Crippen LogP contribution in [0.5, 0.6) is 0 Å². The summed E-state index contributed by atoms with van der Waals surface area (Å²) in [6.45, 7) is 1.24. The molecule has 1 rings (SSSR count). The SMILES string of the molecule is CC(N)(O)C(=O)c1ccnc(Br)c1. The molecule has 0 aromatic carbocycles. The molecule has 1 atom stereocenters. The molecule has 3 N–H and O–H groups in total. The third-order valence-electron chi connectivity index (χ3n) is 1.45. The highest BCUT2D eigenvalue weighted by atomic mass is 79.9. The third-order valence-corrected chi connectivity index (χ3v) is 1.88. The van der Waals surface area contributed by atoms with Crippen LogP contribution in [0, 0.1) is 0 Å². The van der Waals surface area contributed by atoms with E-state index in [2.05, 4.69) is 20.9 Å². The van der Waals surface area contributed by atoms with Crippen molar-refractivity contribution < 1.29 is 9.90 Å². The first kappa shape index (κ1) is 10.3. The van der Waals surface area contributed by atoms with Gasteiger partial charge < -0.3 is 5.11 Å². The lowest BCUT2D eigenvalue weighted by molar-refractivity contribution is 0.0436. The number of hydrogen-bond acceptors (Lipinski definition) is 4. The Morgan fingerprint density at radius 3 is 2.85 bits per heavy atom. The molecule has 1 aromatic rings. The van der Waals surface area contributed by atoms with Crippen molar-refractivity contribution in [1.82, 2.24) is 4.98 Å². The molecule has 0 amide bonds. The van der Waals surface area contributed by atoms with Crippen LogP contribution < -0.4 is 5.73 Å². The van der Waals surface area contributed by atoms with Gasteiger partial charge in [-0.15, -0.1) is 0 Å². The normalized spacial score (nSPS) is 15.1. The van der Waals surface area contributed by atoms with Gasteiger partial charge in [-0.05, 0) is 35.0 Å². The van der Waals surface area contributed by atoms with Crippen molar-refractivity contribution in [2.45, 2.75) is 12.6 Å². The average Bonchev–Trinajstić information content (AvgIpc) is 2.01. The summed E-state index contributed by atoms with van der Waals surface area (Å²) in [5.74, 6) is -0.532. The Morgan fingerprint density at radius 2 is 2.38 bits per heavy atom. The summed E-state index contributed by atoms with van der Waals surface area (Å²) >= 11 is 3.11. The first-order valence-electron chi connectivity index (χ1n) is 3.59. The van der Waals surface area contributed by atoms with Gasteiger partial charge in [-0.25, -0.2) is 4.98 Å². The first-order valence-corrected chi connectivity index (χ1v) is 4.38. The number of hydrogen-bond donors (Lipinski definition) is 2. The van der Waals surface area contributed by atoms with Gasteiger partial charge in [0.05, 0.1) is 0 Å². The van der Waals surface area contributed by atoms with Crippen LogP contribution in [0.1, 0.15) is 17.3 Å². The fourth-order valence-corrected chi connectivity index (χ4v) is 1.20. The predicted molar refractivity (Wildman–Crippen MR) is 51.1 cm³/mol. The van der Waals surface area contributed by atoms with E-state index in [4.69, 9.17) is 5.73 Å². The zero-order chi connectivity index (χ0) is 10.1. The summed E-state index contributed by atoms with van der Waals surface area (Å²) in [4.78, 5) is 15.2. The number of aromatic nitrogens is 1. The second-order valence-corrected chi connectivity index (χ2v) is 3.66. The van der Waals surface area contributed by atoms with Gasteiger partial charge in [-0.3, -0.25) is 10.5 Å². The molecule has 4 nitrogen and oxygen atoms in total. The van der Waals surface area contributed by atoms with Crippen molar-refractivity contribution in [2.75, 3.05) is 0 Å². The van der Waals surface area contributed by atoms with E-state index >= 15 is 0 Å². The Labute approximate surface area is 83.9 Å². The number of aliphatic hydroxyl groups is 1. The van der Waals surface area contributed by atoms with Crippen LogP contribution >= 0.6 is 15.9 Å². The minimum absolute atomic E-state index is 0.328. The fourth-order valence-electron chi connectivity index (χ4n) is 0.836. The maximum absolute atomic E-state index is 11.4. The Bertz CT molecular complexity index is 333. The zero-order valence-corrected chi connectivity index (χ0v) is 8.58. The van der Waals surface area contributed by atoms with Gasteiger partial charge in [-0.2, -0.15) is 0 Å². The van der Waals surface area contributed by atoms with E-state index in [-0.39, 0.29) is 0 Å². The second kappa shape index (κ2) is 3.53. The lowest BCUT2D eigenvalue weighted by Crippen LogP contribution is -2.44. The lowest BCUT2D eigenvalue weighted by Gasteiger charge is -2.14. The van der Waals surface area contributed by atoms with E-state index in [0.29, 0.717) is 10.2 Å². The molecule has 0 aliphatic carbocycles. The van der Waals surface area contributed by atoms with E-state index in [1.54, 1.807) is 0 Å². The number of ketones is 1. The Hall–Kier alpha value is -0.780. The van der Waals surface area contributed by atoms with Gasteiger partial charge in [-0.1, -0.05) is 0 Å². The van der Waals surface area contributed by atoms with Gasteiger partial charge in [0.15, 0.2) is 5.72 Å². The Morgan fingerprint density at radius 1 is 1.77 bits per heavy atom. The van der Waals surface area contributed by atoms with Crippen molar-refractivity contribution in [3.63, 3.8) is 0 Å². The van der Waals surface area contributed by atoms with E-state index in [1.165, 1.54) is 25.3 Å². The zero-order valence-electron chi connectivity index (χ0n) is 6.99. The highest BCUT2D eigenvalue weighted by molar-refractivity contribution is 9.10. The van der Waals surface area contributed by atoms with Crippen LogP contribution in [0.4, 0.5) is 0 Å². The Kier molecular flexibility index (Phi) is 2.80. The fraction of sp³-hybridized carbons (Fsp3) is 0.250. The maximum Gasteiger partial charge on any atom is 0.208 e. The third kappa shape index (κ3) is 2.58. The molecule has 0 spiro atoms. The number of carbonyl (C=O) groups excluding carboxylic acids is 1. The van der Waals surface area contributed by atoms with E-state index in [0.717, 1.165) is 0 Å². The van der Waals surface area contributed by atoms with Crippen molar-refractivity contribution in [3.05, 3.63) is 28.5 Å². The maximum atomic E-state index is 11.4.